The molecule has 2 rings (SSSR count). The third-order valence-corrected chi connectivity index (χ3v) is 6.26. The van der Waals surface area contributed by atoms with Crippen LogP contribution in [0.25, 0.3) is 9.40 Å². The Morgan fingerprint density at radius 3 is 2.44 bits per heavy atom. The van der Waals surface area contributed by atoms with Crippen molar-refractivity contribution < 1.29 is 8.42 Å². The van der Waals surface area contributed by atoms with Gasteiger partial charge in [0.05, 0.1) is 9.70 Å². The van der Waals surface area contributed by atoms with Crippen LogP contribution >= 0.6 is 35.1 Å². The van der Waals surface area contributed by atoms with Crippen molar-refractivity contribution in [3.8, 4) is 0 Å². The van der Waals surface area contributed by atoms with Crippen LogP contribution in [0.5, 0.6) is 0 Å². The average Bonchev–Trinajstić information content (AvgIpc) is 2.64. The SMILES string of the molecule is CNc1cc2sc(S(N)(=O)=O)c(C)c2s1.Cl. The molecule has 2 aromatic heterocycles. The largest absolute Gasteiger partial charge is 0.380 e. The van der Waals surface area contributed by atoms with E-state index in [1.165, 1.54) is 11.3 Å². The standard InChI is InChI=1S/C8H10N2O2S3.ClH/c1-4-7-5(3-6(10-2)14-7)13-8(4)15(9,11)12;/h3,10H,1-2H3,(H2,9,11,12);1H. The molecular formula is C8H11ClN2O2S3. The van der Waals surface area contributed by atoms with Gasteiger partial charge in [0.2, 0.25) is 10.0 Å². The molecule has 0 atom stereocenters. The first-order chi connectivity index (χ1) is 6.93. The predicted octanol–water partition coefficient (Wildman–Crippen LogP) is 2.38. The predicted molar refractivity (Wildman–Crippen MR) is 72.6 cm³/mol. The van der Waals surface area contributed by atoms with E-state index >= 15 is 0 Å². The van der Waals surface area contributed by atoms with Gasteiger partial charge in [-0.05, 0) is 18.6 Å². The van der Waals surface area contributed by atoms with Crippen molar-refractivity contribution in [1.82, 2.24) is 0 Å². The summed E-state index contributed by atoms with van der Waals surface area (Å²) in [5.41, 5.74) is 0.754. The number of primary sulfonamides is 1. The van der Waals surface area contributed by atoms with Crippen molar-refractivity contribution in [2.75, 3.05) is 12.4 Å². The van der Waals surface area contributed by atoms with Crippen LogP contribution in [-0.4, -0.2) is 15.5 Å². The van der Waals surface area contributed by atoms with E-state index < -0.39 is 10.0 Å². The van der Waals surface area contributed by atoms with Crippen LogP contribution in [0.4, 0.5) is 5.00 Å². The topological polar surface area (TPSA) is 72.2 Å². The second kappa shape index (κ2) is 4.50. The van der Waals surface area contributed by atoms with Crippen LogP contribution in [0.1, 0.15) is 5.56 Å². The van der Waals surface area contributed by atoms with Crippen molar-refractivity contribution in [3.63, 3.8) is 0 Å². The van der Waals surface area contributed by atoms with Crippen molar-refractivity contribution >= 4 is 59.5 Å². The molecule has 0 spiro atoms. The monoisotopic (exact) mass is 298 g/mol. The Bertz CT molecular complexity index is 615. The lowest BCUT2D eigenvalue weighted by Gasteiger charge is -1.94. The number of aryl methyl sites for hydroxylation is 1. The summed E-state index contributed by atoms with van der Waals surface area (Å²) in [7, 11) is -1.74. The van der Waals surface area contributed by atoms with Gasteiger partial charge in [0.1, 0.15) is 4.21 Å². The number of fused-ring (bicyclic) bond motifs is 1. The lowest BCUT2D eigenvalue weighted by Crippen LogP contribution is -2.11. The molecule has 0 bridgehead atoms. The van der Waals surface area contributed by atoms with Gasteiger partial charge in [-0.3, -0.25) is 0 Å². The van der Waals surface area contributed by atoms with Gasteiger partial charge in [-0.2, -0.15) is 0 Å². The molecule has 8 heteroatoms. The molecule has 3 N–H and O–H groups in total. The van der Waals surface area contributed by atoms with E-state index in [-0.39, 0.29) is 16.6 Å². The number of hydrogen-bond donors (Lipinski definition) is 2. The molecule has 0 saturated carbocycles. The minimum absolute atomic E-state index is 0. The average molecular weight is 299 g/mol. The maximum absolute atomic E-state index is 11.3. The summed E-state index contributed by atoms with van der Waals surface area (Å²) in [6.45, 7) is 1.79. The van der Waals surface area contributed by atoms with Crippen LogP contribution in [0.3, 0.4) is 0 Å². The van der Waals surface area contributed by atoms with E-state index in [1.807, 2.05) is 13.1 Å². The highest BCUT2D eigenvalue weighted by Gasteiger charge is 2.19. The molecule has 0 saturated heterocycles. The Hall–Kier alpha value is -0.340. The van der Waals surface area contributed by atoms with Crippen LogP contribution in [-0.2, 0) is 10.0 Å². The van der Waals surface area contributed by atoms with Crippen molar-refractivity contribution in [2.24, 2.45) is 5.14 Å². The molecule has 2 aromatic rings. The maximum atomic E-state index is 11.3. The van der Waals surface area contributed by atoms with E-state index in [9.17, 15) is 8.42 Å². The second-order valence-electron chi connectivity index (χ2n) is 3.11. The molecular weight excluding hydrogens is 288 g/mol. The molecule has 0 aliphatic carbocycles. The molecule has 0 fully saturated rings. The molecule has 90 valence electrons. The van der Waals surface area contributed by atoms with Gasteiger partial charge in [-0.1, -0.05) is 0 Å². The second-order valence-corrected chi connectivity index (χ2v) is 6.97. The Morgan fingerprint density at radius 1 is 1.38 bits per heavy atom. The van der Waals surface area contributed by atoms with E-state index in [4.69, 9.17) is 5.14 Å². The summed E-state index contributed by atoms with van der Waals surface area (Å²) in [5.74, 6) is 0. The van der Waals surface area contributed by atoms with Gasteiger partial charge in [-0.25, -0.2) is 13.6 Å². The fourth-order valence-electron chi connectivity index (χ4n) is 1.38. The summed E-state index contributed by atoms with van der Waals surface area (Å²) in [6.07, 6.45) is 0. The molecule has 0 aliphatic heterocycles. The van der Waals surface area contributed by atoms with Gasteiger partial charge in [-0.15, -0.1) is 35.1 Å². The van der Waals surface area contributed by atoms with Crippen LogP contribution in [0.2, 0.25) is 0 Å². The third-order valence-electron chi connectivity index (χ3n) is 2.05. The van der Waals surface area contributed by atoms with Crippen molar-refractivity contribution in [2.45, 2.75) is 11.1 Å². The molecule has 2 heterocycles. The van der Waals surface area contributed by atoms with Crippen LogP contribution < -0.4 is 10.5 Å². The number of nitrogens with one attached hydrogen (secondary N) is 1. The Kier molecular flexibility index (Phi) is 3.86. The maximum Gasteiger partial charge on any atom is 0.247 e. The third kappa shape index (κ3) is 2.18. The first-order valence-electron chi connectivity index (χ1n) is 4.17. The van der Waals surface area contributed by atoms with E-state index in [0.29, 0.717) is 0 Å². The first kappa shape index (κ1) is 13.7. The van der Waals surface area contributed by atoms with E-state index in [1.54, 1.807) is 18.3 Å². The minimum atomic E-state index is -3.58. The van der Waals surface area contributed by atoms with Gasteiger partial charge in [0, 0.05) is 11.7 Å². The quantitative estimate of drug-likeness (QED) is 0.894. The molecule has 4 nitrogen and oxygen atoms in total. The Labute approximate surface area is 108 Å². The molecule has 0 amide bonds. The van der Waals surface area contributed by atoms with Crippen LogP contribution in [0, 0.1) is 6.92 Å². The number of anilines is 1. The molecule has 0 unspecified atom stereocenters. The fourth-order valence-corrected chi connectivity index (χ4v) is 4.88. The zero-order valence-electron chi connectivity index (χ0n) is 8.60. The Balaban J connectivity index is 0.00000128. The summed E-state index contributed by atoms with van der Waals surface area (Å²) in [4.78, 5) is 0. The number of hydrogen-bond acceptors (Lipinski definition) is 5. The van der Waals surface area contributed by atoms with Gasteiger partial charge < -0.3 is 5.32 Å². The highest BCUT2D eigenvalue weighted by molar-refractivity contribution is 7.91. The summed E-state index contributed by atoms with van der Waals surface area (Å²) in [6, 6.07) is 1.94. The number of sulfonamides is 1. The summed E-state index contributed by atoms with van der Waals surface area (Å²) >= 11 is 2.76. The number of thiophene rings is 2. The summed E-state index contributed by atoms with van der Waals surface area (Å²) < 4.78 is 24.7. The molecule has 0 aromatic carbocycles. The lowest BCUT2D eigenvalue weighted by molar-refractivity contribution is 0.599. The van der Waals surface area contributed by atoms with Gasteiger partial charge in [0.25, 0.3) is 0 Å². The zero-order valence-corrected chi connectivity index (χ0v) is 11.9. The lowest BCUT2D eigenvalue weighted by atomic mass is 10.4. The van der Waals surface area contributed by atoms with Crippen LogP contribution in [0.15, 0.2) is 10.3 Å². The fraction of sp³-hybridized carbons (Fsp3) is 0.250. The highest BCUT2D eigenvalue weighted by atomic mass is 35.5. The van der Waals surface area contributed by atoms with Crippen molar-refractivity contribution in [1.29, 1.82) is 0 Å². The Morgan fingerprint density at radius 2 is 2.00 bits per heavy atom. The minimum Gasteiger partial charge on any atom is -0.380 e. The first-order valence-corrected chi connectivity index (χ1v) is 7.35. The number of halogens is 1. The van der Waals surface area contributed by atoms with E-state index in [0.717, 1.165) is 20.0 Å². The van der Waals surface area contributed by atoms with Gasteiger partial charge >= 0.3 is 0 Å². The van der Waals surface area contributed by atoms with Gasteiger partial charge in [0.15, 0.2) is 0 Å². The number of rotatable bonds is 2. The molecule has 16 heavy (non-hydrogen) atoms. The zero-order chi connectivity index (χ0) is 11.2. The number of nitrogens with two attached hydrogens (primary N) is 1. The highest BCUT2D eigenvalue weighted by Crippen LogP contribution is 2.40. The summed E-state index contributed by atoms with van der Waals surface area (Å²) in [5, 5.41) is 9.18. The molecule has 0 radical (unpaired) electrons. The smallest absolute Gasteiger partial charge is 0.247 e. The molecule has 0 aliphatic rings. The van der Waals surface area contributed by atoms with Crippen molar-refractivity contribution in [3.05, 3.63) is 11.6 Å². The van der Waals surface area contributed by atoms with E-state index in [2.05, 4.69) is 5.32 Å². The normalized spacial score (nSPS) is 11.4.